The molecular weight excluding hydrogens is 468 g/mol. The molecule has 0 unspecified atom stereocenters. The smallest absolute Gasteiger partial charge is 0.322 e. The molecule has 9 nitrogen and oxygen atoms in total. The standard InChI is InChI=1S/C28H34N6O3/c1-20-9-7-10-23(17-20)31-28(37)34(16-8-15-33(3)4)19-22-13-14-26(29-18-22)27(36)32-25-12-6-5-11-24(25)30-21(2)35/h5-7,9-14,17-18H,8,15-16,19H2,1-4H3,(H,30,35)(H,31,37)(H,32,36). The van der Waals surface area contributed by atoms with E-state index in [4.69, 9.17) is 0 Å². The number of nitrogens with one attached hydrogen (secondary N) is 3. The van der Waals surface area contributed by atoms with Crippen LogP contribution in [-0.4, -0.2) is 59.8 Å². The lowest BCUT2D eigenvalue weighted by molar-refractivity contribution is -0.114. The Morgan fingerprint density at radius 3 is 2.22 bits per heavy atom. The molecule has 0 saturated heterocycles. The van der Waals surface area contributed by atoms with Gasteiger partial charge in [0.1, 0.15) is 5.69 Å². The lowest BCUT2D eigenvalue weighted by Crippen LogP contribution is -2.36. The van der Waals surface area contributed by atoms with Gasteiger partial charge in [-0.1, -0.05) is 30.3 Å². The molecule has 0 aliphatic heterocycles. The number of hydrogen-bond donors (Lipinski definition) is 3. The summed E-state index contributed by atoms with van der Waals surface area (Å²) >= 11 is 0. The Kier molecular flexibility index (Phi) is 9.74. The van der Waals surface area contributed by atoms with Crippen molar-refractivity contribution in [1.29, 1.82) is 0 Å². The Balaban J connectivity index is 1.68. The number of hydrogen-bond acceptors (Lipinski definition) is 5. The quantitative estimate of drug-likeness (QED) is 0.376. The summed E-state index contributed by atoms with van der Waals surface area (Å²) in [5, 5.41) is 8.46. The topological polar surface area (TPSA) is 107 Å². The molecule has 3 rings (SSSR count). The van der Waals surface area contributed by atoms with Crippen LogP contribution < -0.4 is 16.0 Å². The zero-order valence-electron chi connectivity index (χ0n) is 21.7. The summed E-state index contributed by atoms with van der Waals surface area (Å²) in [4.78, 5) is 45.4. The minimum Gasteiger partial charge on any atom is -0.325 e. The van der Waals surface area contributed by atoms with E-state index in [-0.39, 0.29) is 17.6 Å². The van der Waals surface area contributed by atoms with E-state index in [9.17, 15) is 14.4 Å². The molecule has 194 valence electrons. The molecular formula is C28H34N6O3. The van der Waals surface area contributed by atoms with Crippen molar-refractivity contribution in [3.63, 3.8) is 0 Å². The summed E-state index contributed by atoms with van der Waals surface area (Å²) in [5.41, 5.74) is 3.83. The lowest BCUT2D eigenvalue weighted by Gasteiger charge is -2.24. The fourth-order valence-electron chi connectivity index (χ4n) is 3.71. The van der Waals surface area contributed by atoms with Crippen molar-refractivity contribution in [2.75, 3.05) is 43.1 Å². The molecule has 4 amide bonds. The van der Waals surface area contributed by atoms with Crippen molar-refractivity contribution < 1.29 is 14.4 Å². The van der Waals surface area contributed by atoms with Gasteiger partial charge < -0.3 is 25.8 Å². The van der Waals surface area contributed by atoms with Crippen molar-refractivity contribution in [3.05, 3.63) is 83.7 Å². The number of para-hydroxylation sites is 2. The average Bonchev–Trinajstić information content (AvgIpc) is 2.84. The number of carbonyl (C=O) groups is 3. The van der Waals surface area contributed by atoms with Gasteiger partial charge in [-0.05, 0) is 75.4 Å². The number of aryl methyl sites for hydroxylation is 1. The number of anilines is 3. The van der Waals surface area contributed by atoms with Crippen LogP contribution in [0.3, 0.4) is 0 Å². The molecule has 0 radical (unpaired) electrons. The molecule has 3 aromatic rings. The summed E-state index contributed by atoms with van der Waals surface area (Å²) < 4.78 is 0. The highest BCUT2D eigenvalue weighted by molar-refractivity contribution is 6.06. The minimum atomic E-state index is -0.399. The molecule has 0 fully saturated rings. The first-order valence-corrected chi connectivity index (χ1v) is 12.1. The van der Waals surface area contributed by atoms with Crippen molar-refractivity contribution in [2.24, 2.45) is 0 Å². The fraction of sp³-hybridized carbons (Fsp3) is 0.286. The predicted molar refractivity (Wildman–Crippen MR) is 147 cm³/mol. The van der Waals surface area contributed by atoms with Crippen molar-refractivity contribution in [2.45, 2.75) is 26.8 Å². The highest BCUT2D eigenvalue weighted by Crippen LogP contribution is 2.21. The van der Waals surface area contributed by atoms with E-state index in [1.807, 2.05) is 45.3 Å². The van der Waals surface area contributed by atoms with Crippen LogP contribution in [0.2, 0.25) is 0 Å². The Morgan fingerprint density at radius 1 is 0.865 bits per heavy atom. The van der Waals surface area contributed by atoms with Crippen molar-refractivity contribution in [3.8, 4) is 0 Å². The lowest BCUT2D eigenvalue weighted by atomic mass is 10.2. The first-order chi connectivity index (χ1) is 17.7. The van der Waals surface area contributed by atoms with E-state index in [0.29, 0.717) is 24.5 Å². The van der Waals surface area contributed by atoms with Gasteiger partial charge in [-0.3, -0.25) is 14.6 Å². The third-order valence-electron chi connectivity index (χ3n) is 5.51. The van der Waals surface area contributed by atoms with E-state index >= 15 is 0 Å². The van der Waals surface area contributed by atoms with Crippen LogP contribution in [0.5, 0.6) is 0 Å². The Labute approximate surface area is 217 Å². The van der Waals surface area contributed by atoms with Crippen LogP contribution in [-0.2, 0) is 11.3 Å². The number of aromatic nitrogens is 1. The van der Waals surface area contributed by atoms with Gasteiger partial charge in [0.05, 0.1) is 11.4 Å². The summed E-state index contributed by atoms with van der Waals surface area (Å²) in [6, 6.07) is 17.9. The Morgan fingerprint density at radius 2 is 1.59 bits per heavy atom. The maximum Gasteiger partial charge on any atom is 0.322 e. The van der Waals surface area contributed by atoms with Gasteiger partial charge in [-0.15, -0.1) is 0 Å². The summed E-state index contributed by atoms with van der Waals surface area (Å²) in [6.07, 6.45) is 2.42. The molecule has 0 bridgehead atoms. The largest absolute Gasteiger partial charge is 0.325 e. The first-order valence-electron chi connectivity index (χ1n) is 12.1. The number of amides is 4. The second kappa shape index (κ2) is 13.2. The van der Waals surface area contributed by atoms with Crippen LogP contribution in [0.15, 0.2) is 66.9 Å². The number of carbonyl (C=O) groups excluding carboxylic acids is 3. The minimum absolute atomic E-state index is 0.194. The van der Waals surface area contributed by atoms with E-state index in [2.05, 4.69) is 25.8 Å². The molecule has 1 aromatic heterocycles. The van der Waals surface area contributed by atoms with Gasteiger partial charge in [0, 0.05) is 31.9 Å². The molecule has 9 heteroatoms. The molecule has 0 aliphatic carbocycles. The molecule has 2 aromatic carbocycles. The van der Waals surface area contributed by atoms with Crippen LogP contribution in [0.25, 0.3) is 0 Å². The number of rotatable bonds is 10. The first kappa shape index (κ1) is 27.3. The van der Waals surface area contributed by atoms with Gasteiger partial charge in [-0.25, -0.2) is 4.79 Å². The normalized spacial score (nSPS) is 10.6. The maximum atomic E-state index is 13.1. The van der Waals surface area contributed by atoms with Gasteiger partial charge in [0.25, 0.3) is 5.91 Å². The highest BCUT2D eigenvalue weighted by atomic mass is 16.2. The molecule has 0 spiro atoms. The zero-order chi connectivity index (χ0) is 26.8. The number of benzene rings is 2. The van der Waals surface area contributed by atoms with E-state index in [1.165, 1.54) is 6.92 Å². The Hall–Kier alpha value is -4.24. The van der Waals surface area contributed by atoms with Crippen molar-refractivity contribution in [1.82, 2.24) is 14.8 Å². The second-order valence-electron chi connectivity index (χ2n) is 9.11. The van der Waals surface area contributed by atoms with Crippen LogP contribution in [0, 0.1) is 6.92 Å². The third-order valence-corrected chi connectivity index (χ3v) is 5.51. The SMILES string of the molecule is CC(=O)Nc1ccccc1NC(=O)c1ccc(CN(CCCN(C)C)C(=O)Nc2cccc(C)c2)cn1. The number of nitrogens with zero attached hydrogens (tertiary/aromatic N) is 3. The molecule has 1 heterocycles. The second-order valence-corrected chi connectivity index (χ2v) is 9.11. The highest BCUT2D eigenvalue weighted by Gasteiger charge is 2.16. The molecule has 0 saturated carbocycles. The van der Waals surface area contributed by atoms with E-state index < -0.39 is 5.91 Å². The van der Waals surface area contributed by atoms with Crippen LogP contribution in [0.4, 0.5) is 21.9 Å². The Bertz CT molecular complexity index is 1230. The monoisotopic (exact) mass is 502 g/mol. The van der Waals surface area contributed by atoms with Crippen molar-refractivity contribution >= 4 is 34.9 Å². The predicted octanol–water partition coefficient (Wildman–Crippen LogP) is 4.59. The summed E-state index contributed by atoms with van der Waals surface area (Å²) in [5.74, 6) is -0.630. The molecule has 0 aliphatic rings. The van der Waals surface area contributed by atoms with Crippen LogP contribution >= 0.6 is 0 Å². The summed E-state index contributed by atoms with van der Waals surface area (Å²) in [6.45, 7) is 5.16. The molecule has 3 N–H and O–H groups in total. The molecule has 0 atom stereocenters. The van der Waals surface area contributed by atoms with Gasteiger partial charge in [0.2, 0.25) is 5.91 Å². The van der Waals surface area contributed by atoms with Gasteiger partial charge in [0.15, 0.2) is 0 Å². The number of pyridine rings is 1. The zero-order valence-corrected chi connectivity index (χ0v) is 21.7. The average molecular weight is 503 g/mol. The third kappa shape index (κ3) is 8.73. The maximum absolute atomic E-state index is 13.1. The van der Waals surface area contributed by atoms with Gasteiger partial charge >= 0.3 is 6.03 Å². The van der Waals surface area contributed by atoms with E-state index in [1.54, 1.807) is 47.5 Å². The van der Waals surface area contributed by atoms with Crippen LogP contribution in [0.1, 0.15) is 35.0 Å². The molecule has 37 heavy (non-hydrogen) atoms. The van der Waals surface area contributed by atoms with Gasteiger partial charge in [-0.2, -0.15) is 0 Å². The fourth-order valence-corrected chi connectivity index (χ4v) is 3.71. The van der Waals surface area contributed by atoms with E-state index in [0.717, 1.165) is 29.8 Å². The summed E-state index contributed by atoms with van der Waals surface area (Å²) in [7, 11) is 4.00. The number of urea groups is 1.